The lowest BCUT2D eigenvalue weighted by molar-refractivity contribution is 0.251. The number of nitrogens with two attached hydrogens (primary N) is 1. The zero-order valence-corrected chi connectivity index (χ0v) is 9.07. The van der Waals surface area contributed by atoms with E-state index in [4.69, 9.17) is 5.73 Å². The van der Waals surface area contributed by atoms with E-state index in [2.05, 4.69) is 15.9 Å². The van der Waals surface area contributed by atoms with Crippen LogP contribution in [0.15, 0.2) is 16.6 Å². The van der Waals surface area contributed by atoms with Gasteiger partial charge in [0.1, 0.15) is 11.6 Å². The minimum Gasteiger partial charge on any atom is -0.321 e. The van der Waals surface area contributed by atoms with E-state index < -0.39 is 17.2 Å². The van der Waals surface area contributed by atoms with Crippen LogP contribution in [0.5, 0.6) is 0 Å². The molecule has 4 heteroatoms. The smallest absolute Gasteiger partial charge is 0.140 e. The molecular weight excluding hydrogens is 252 g/mol. The average molecular weight is 262 g/mol. The first kappa shape index (κ1) is 10.1. The summed E-state index contributed by atoms with van der Waals surface area (Å²) in [5.74, 6) is -1.17. The Labute approximate surface area is 89.4 Å². The zero-order chi connectivity index (χ0) is 10.3. The van der Waals surface area contributed by atoms with Crippen molar-refractivity contribution in [1.29, 1.82) is 0 Å². The van der Waals surface area contributed by atoms with E-state index in [1.807, 2.05) is 0 Å². The Morgan fingerprint density at radius 3 is 2.07 bits per heavy atom. The van der Waals surface area contributed by atoms with Crippen LogP contribution in [0, 0.1) is 11.6 Å². The van der Waals surface area contributed by atoms with Crippen molar-refractivity contribution in [3.63, 3.8) is 0 Å². The molecule has 0 unspecified atom stereocenters. The van der Waals surface area contributed by atoms with Crippen LogP contribution < -0.4 is 5.73 Å². The summed E-state index contributed by atoms with van der Waals surface area (Å²) >= 11 is 2.83. The Kier molecular flexibility index (Phi) is 2.35. The third kappa shape index (κ3) is 1.46. The molecule has 0 heterocycles. The highest BCUT2D eigenvalue weighted by Gasteiger charge is 2.35. The van der Waals surface area contributed by atoms with Crippen molar-refractivity contribution in [3.05, 3.63) is 33.8 Å². The van der Waals surface area contributed by atoms with Gasteiger partial charge in [-0.2, -0.15) is 0 Å². The molecule has 0 radical (unpaired) electrons. The van der Waals surface area contributed by atoms with E-state index in [-0.39, 0.29) is 4.47 Å². The van der Waals surface area contributed by atoms with Gasteiger partial charge in [0.05, 0.1) is 4.47 Å². The number of benzene rings is 1. The monoisotopic (exact) mass is 261 g/mol. The maximum absolute atomic E-state index is 13.2. The molecule has 1 fully saturated rings. The fraction of sp³-hybridized carbons (Fsp3) is 0.400. The van der Waals surface area contributed by atoms with Crippen molar-refractivity contribution >= 4 is 15.9 Å². The van der Waals surface area contributed by atoms with Crippen molar-refractivity contribution in [2.24, 2.45) is 5.73 Å². The summed E-state index contributed by atoms with van der Waals surface area (Å²) in [5, 5.41) is 0. The van der Waals surface area contributed by atoms with Gasteiger partial charge in [0.15, 0.2) is 0 Å². The summed E-state index contributed by atoms with van der Waals surface area (Å²) in [5.41, 5.74) is 6.01. The van der Waals surface area contributed by atoms with E-state index in [1.165, 1.54) is 12.1 Å². The van der Waals surface area contributed by atoms with Crippen LogP contribution in [0.1, 0.15) is 24.8 Å². The van der Waals surface area contributed by atoms with Gasteiger partial charge in [-0.1, -0.05) is 0 Å². The van der Waals surface area contributed by atoms with Gasteiger partial charge in [0, 0.05) is 5.54 Å². The normalized spacial score (nSPS) is 19.1. The maximum Gasteiger partial charge on any atom is 0.140 e. The molecule has 1 saturated carbocycles. The standard InChI is InChI=1S/C10H10BrF2N/c11-9-7(12)4-6(5-8(9)13)10(14)2-1-3-10/h4-5H,1-3,14H2. The molecule has 1 aliphatic carbocycles. The Bertz CT molecular complexity index is 351. The van der Waals surface area contributed by atoms with Gasteiger partial charge >= 0.3 is 0 Å². The summed E-state index contributed by atoms with van der Waals surface area (Å²) in [6.07, 6.45) is 2.62. The molecule has 0 bridgehead atoms. The molecule has 14 heavy (non-hydrogen) atoms. The predicted molar refractivity (Wildman–Crippen MR) is 53.8 cm³/mol. The highest BCUT2D eigenvalue weighted by atomic mass is 79.9. The molecule has 1 nitrogen and oxygen atoms in total. The van der Waals surface area contributed by atoms with Crippen LogP contribution in [0.4, 0.5) is 8.78 Å². The van der Waals surface area contributed by atoms with Gasteiger partial charge in [-0.15, -0.1) is 0 Å². The van der Waals surface area contributed by atoms with Crippen LogP contribution in [-0.4, -0.2) is 0 Å². The second kappa shape index (κ2) is 3.28. The summed E-state index contributed by atoms with van der Waals surface area (Å²) in [7, 11) is 0. The minimum atomic E-state index is -0.586. The number of halogens is 3. The third-order valence-electron chi connectivity index (χ3n) is 2.80. The Morgan fingerprint density at radius 1 is 1.21 bits per heavy atom. The second-order valence-corrected chi connectivity index (χ2v) is 4.56. The first-order valence-corrected chi connectivity index (χ1v) is 5.26. The van der Waals surface area contributed by atoms with Crippen molar-refractivity contribution in [3.8, 4) is 0 Å². The molecule has 0 atom stereocenters. The second-order valence-electron chi connectivity index (χ2n) is 3.76. The van der Waals surface area contributed by atoms with Crippen LogP contribution in [0.3, 0.4) is 0 Å². The predicted octanol–water partition coefficient (Wildman–Crippen LogP) is 3.07. The van der Waals surface area contributed by atoms with E-state index in [0.29, 0.717) is 5.56 Å². The maximum atomic E-state index is 13.2. The summed E-state index contributed by atoms with van der Waals surface area (Å²) in [6, 6.07) is 2.62. The van der Waals surface area contributed by atoms with Crippen LogP contribution in [0.2, 0.25) is 0 Å². The highest BCUT2D eigenvalue weighted by molar-refractivity contribution is 9.10. The van der Waals surface area contributed by atoms with Gasteiger partial charge in [-0.3, -0.25) is 0 Å². The van der Waals surface area contributed by atoms with E-state index in [0.717, 1.165) is 19.3 Å². The average Bonchev–Trinajstić information content (AvgIpc) is 2.09. The van der Waals surface area contributed by atoms with Crippen LogP contribution in [0.25, 0.3) is 0 Å². The Hall–Kier alpha value is -0.480. The number of hydrogen-bond donors (Lipinski definition) is 1. The zero-order valence-electron chi connectivity index (χ0n) is 7.49. The number of hydrogen-bond acceptors (Lipinski definition) is 1. The fourth-order valence-electron chi connectivity index (χ4n) is 1.69. The quantitative estimate of drug-likeness (QED) is 0.773. The van der Waals surface area contributed by atoms with Crippen LogP contribution in [-0.2, 0) is 5.54 Å². The molecule has 1 aliphatic rings. The lowest BCUT2D eigenvalue weighted by Gasteiger charge is -2.38. The van der Waals surface area contributed by atoms with Crippen molar-refractivity contribution < 1.29 is 8.78 Å². The molecular formula is C10H10BrF2N. The van der Waals surface area contributed by atoms with Crippen molar-refractivity contribution in [2.45, 2.75) is 24.8 Å². The van der Waals surface area contributed by atoms with Gasteiger partial charge in [-0.05, 0) is 52.9 Å². The van der Waals surface area contributed by atoms with Gasteiger partial charge in [0.25, 0.3) is 0 Å². The van der Waals surface area contributed by atoms with Gasteiger partial charge in [-0.25, -0.2) is 8.78 Å². The Balaban J connectivity index is 2.45. The van der Waals surface area contributed by atoms with E-state index >= 15 is 0 Å². The van der Waals surface area contributed by atoms with E-state index in [1.54, 1.807) is 0 Å². The first-order valence-electron chi connectivity index (χ1n) is 4.47. The van der Waals surface area contributed by atoms with Gasteiger partial charge in [0.2, 0.25) is 0 Å². The molecule has 0 aliphatic heterocycles. The third-order valence-corrected chi connectivity index (χ3v) is 3.56. The lowest BCUT2D eigenvalue weighted by atomic mass is 9.73. The summed E-state index contributed by atoms with van der Waals surface area (Å²) < 4.78 is 26.3. The van der Waals surface area contributed by atoms with Crippen molar-refractivity contribution in [1.82, 2.24) is 0 Å². The summed E-state index contributed by atoms with van der Waals surface area (Å²) in [6.45, 7) is 0. The number of rotatable bonds is 1. The SMILES string of the molecule is NC1(c2cc(F)c(Br)c(F)c2)CCC1. The molecule has 0 amide bonds. The first-order chi connectivity index (χ1) is 6.53. The fourth-order valence-corrected chi connectivity index (χ4v) is 1.92. The lowest BCUT2D eigenvalue weighted by Crippen LogP contribution is -2.43. The molecule has 2 rings (SSSR count). The molecule has 0 spiro atoms. The largest absolute Gasteiger partial charge is 0.321 e. The minimum absolute atomic E-state index is 0.121. The molecule has 1 aromatic carbocycles. The molecule has 0 aromatic heterocycles. The van der Waals surface area contributed by atoms with Crippen molar-refractivity contribution in [2.75, 3.05) is 0 Å². The van der Waals surface area contributed by atoms with Gasteiger partial charge < -0.3 is 5.73 Å². The summed E-state index contributed by atoms with van der Waals surface area (Å²) in [4.78, 5) is 0. The Morgan fingerprint density at radius 2 is 1.71 bits per heavy atom. The molecule has 0 saturated heterocycles. The molecule has 1 aromatic rings. The van der Waals surface area contributed by atoms with E-state index in [9.17, 15) is 8.78 Å². The molecule has 2 N–H and O–H groups in total. The van der Waals surface area contributed by atoms with Crippen LogP contribution >= 0.6 is 15.9 Å². The molecule has 76 valence electrons. The topological polar surface area (TPSA) is 26.0 Å². The highest BCUT2D eigenvalue weighted by Crippen LogP contribution is 2.40.